The van der Waals surface area contributed by atoms with Crippen molar-refractivity contribution in [2.75, 3.05) is 6.54 Å². The van der Waals surface area contributed by atoms with Crippen LogP contribution in [0.3, 0.4) is 0 Å². The molecule has 0 unspecified atom stereocenters. The fraction of sp³-hybridized carbons (Fsp3) is 0.545. The first-order chi connectivity index (χ1) is 7.74. The van der Waals surface area contributed by atoms with Gasteiger partial charge >= 0.3 is 5.97 Å². The molecule has 94 valence electrons. The van der Waals surface area contributed by atoms with Crippen LogP contribution in [0.15, 0.2) is 0 Å². The highest BCUT2D eigenvalue weighted by molar-refractivity contribution is 7.11. The Labute approximate surface area is 104 Å². The molecule has 0 aliphatic carbocycles. The number of amides is 1. The highest BCUT2D eigenvalue weighted by atomic mass is 32.1. The van der Waals surface area contributed by atoms with Crippen LogP contribution < -0.4 is 5.32 Å². The molecule has 1 amide bonds. The second-order valence-electron chi connectivity index (χ2n) is 4.51. The molecule has 1 aromatic rings. The molecule has 0 saturated carbocycles. The van der Waals surface area contributed by atoms with Crippen LogP contribution in [-0.4, -0.2) is 28.5 Å². The number of hydrogen-bond donors (Lipinski definition) is 2. The highest BCUT2D eigenvalue weighted by Gasteiger charge is 2.28. The van der Waals surface area contributed by atoms with Crippen molar-refractivity contribution in [2.45, 2.75) is 27.7 Å². The summed E-state index contributed by atoms with van der Waals surface area (Å²) in [5.41, 5.74) is -0.595. The maximum Gasteiger partial charge on any atom is 0.310 e. The molecular formula is C11H16N2O3S. The third kappa shape index (κ3) is 3.26. The van der Waals surface area contributed by atoms with Crippen LogP contribution in [0.25, 0.3) is 0 Å². The lowest BCUT2D eigenvalue weighted by atomic mass is 9.94. The zero-order valence-electron chi connectivity index (χ0n) is 10.3. The Morgan fingerprint density at radius 3 is 2.41 bits per heavy atom. The summed E-state index contributed by atoms with van der Waals surface area (Å²) >= 11 is 1.45. The van der Waals surface area contributed by atoms with Gasteiger partial charge in [0.25, 0.3) is 5.91 Å². The maximum absolute atomic E-state index is 11.8. The van der Waals surface area contributed by atoms with E-state index in [1.807, 2.05) is 13.8 Å². The van der Waals surface area contributed by atoms with E-state index in [0.717, 1.165) is 9.88 Å². The number of aromatic nitrogens is 1. The number of aryl methyl sites for hydroxylation is 2. The summed E-state index contributed by atoms with van der Waals surface area (Å²) in [6.45, 7) is 6.86. The fourth-order valence-corrected chi connectivity index (χ4v) is 2.02. The molecule has 0 bridgehead atoms. The summed E-state index contributed by atoms with van der Waals surface area (Å²) in [6.07, 6.45) is 0. The zero-order chi connectivity index (χ0) is 13.2. The molecule has 0 saturated heterocycles. The molecule has 0 spiro atoms. The van der Waals surface area contributed by atoms with Crippen molar-refractivity contribution < 1.29 is 14.7 Å². The topological polar surface area (TPSA) is 79.3 Å². The molecule has 17 heavy (non-hydrogen) atoms. The molecule has 0 aliphatic heterocycles. The van der Waals surface area contributed by atoms with Crippen LogP contribution in [0.1, 0.15) is 34.2 Å². The molecule has 0 atom stereocenters. The average Bonchev–Trinajstić information content (AvgIpc) is 2.54. The monoisotopic (exact) mass is 256 g/mol. The van der Waals surface area contributed by atoms with Crippen LogP contribution in [0.5, 0.6) is 0 Å². The van der Waals surface area contributed by atoms with E-state index < -0.39 is 11.4 Å². The van der Waals surface area contributed by atoms with Gasteiger partial charge in [0.15, 0.2) is 0 Å². The number of carboxylic acid groups (broad SMARTS) is 1. The van der Waals surface area contributed by atoms with Crippen molar-refractivity contribution in [2.24, 2.45) is 5.41 Å². The van der Waals surface area contributed by atoms with Gasteiger partial charge in [0.05, 0.1) is 10.4 Å². The largest absolute Gasteiger partial charge is 0.481 e. The van der Waals surface area contributed by atoms with Crippen LogP contribution in [0, 0.1) is 19.3 Å². The maximum atomic E-state index is 11.8. The predicted molar refractivity (Wildman–Crippen MR) is 65.3 cm³/mol. The standard InChI is InChI=1S/C11H16N2O3S/c1-6-8(13-7(2)17-6)9(14)12-5-11(3,4)10(15)16/h5H2,1-4H3,(H,12,14)(H,15,16). The van der Waals surface area contributed by atoms with E-state index >= 15 is 0 Å². The van der Waals surface area contributed by atoms with Gasteiger partial charge in [-0.1, -0.05) is 0 Å². The van der Waals surface area contributed by atoms with Gasteiger partial charge in [-0.05, 0) is 27.7 Å². The number of hydrogen-bond acceptors (Lipinski definition) is 4. The first-order valence-electron chi connectivity index (χ1n) is 5.19. The summed E-state index contributed by atoms with van der Waals surface area (Å²) in [5, 5.41) is 12.3. The molecule has 2 N–H and O–H groups in total. The number of carbonyl (C=O) groups excluding carboxylic acids is 1. The number of carbonyl (C=O) groups is 2. The Bertz CT molecular complexity index is 452. The van der Waals surface area contributed by atoms with E-state index in [0.29, 0.717) is 5.69 Å². The molecule has 6 heteroatoms. The van der Waals surface area contributed by atoms with Gasteiger partial charge in [0, 0.05) is 11.4 Å². The number of rotatable bonds is 4. The van der Waals surface area contributed by atoms with Gasteiger partial charge in [-0.3, -0.25) is 9.59 Å². The molecule has 1 aromatic heterocycles. The Hall–Kier alpha value is -1.43. The van der Waals surface area contributed by atoms with Crippen LogP contribution >= 0.6 is 11.3 Å². The number of carboxylic acids is 1. The van der Waals surface area contributed by atoms with Gasteiger partial charge in [-0.2, -0.15) is 0 Å². The minimum atomic E-state index is -0.978. The number of aliphatic carboxylic acids is 1. The average molecular weight is 256 g/mol. The fourth-order valence-electron chi connectivity index (χ4n) is 1.20. The van der Waals surface area contributed by atoms with Gasteiger partial charge in [0.2, 0.25) is 0 Å². The number of nitrogens with one attached hydrogen (secondary N) is 1. The molecule has 0 fully saturated rings. The first kappa shape index (κ1) is 13.6. The molecular weight excluding hydrogens is 240 g/mol. The van der Waals surface area contributed by atoms with E-state index in [1.165, 1.54) is 11.3 Å². The molecule has 0 radical (unpaired) electrons. The van der Waals surface area contributed by atoms with Crippen LogP contribution in [-0.2, 0) is 4.79 Å². The second-order valence-corrected chi connectivity index (χ2v) is 5.92. The number of nitrogens with zero attached hydrogens (tertiary/aromatic N) is 1. The Morgan fingerprint density at radius 1 is 1.41 bits per heavy atom. The van der Waals surface area contributed by atoms with E-state index in [2.05, 4.69) is 10.3 Å². The molecule has 1 heterocycles. The lowest BCUT2D eigenvalue weighted by molar-refractivity contribution is -0.146. The van der Waals surface area contributed by atoms with Gasteiger partial charge in [-0.25, -0.2) is 4.98 Å². The highest BCUT2D eigenvalue weighted by Crippen LogP contribution is 2.17. The molecule has 0 aromatic carbocycles. The third-order valence-corrected chi connectivity index (χ3v) is 3.27. The van der Waals surface area contributed by atoms with Gasteiger partial charge in [-0.15, -0.1) is 11.3 Å². The number of thiazole rings is 1. The SMILES string of the molecule is Cc1nc(C(=O)NCC(C)(C)C(=O)O)c(C)s1. The Morgan fingerprint density at radius 2 is 2.00 bits per heavy atom. The summed E-state index contributed by atoms with van der Waals surface area (Å²) in [5.74, 6) is -1.26. The smallest absolute Gasteiger partial charge is 0.310 e. The minimum Gasteiger partial charge on any atom is -0.481 e. The van der Waals surface area contributed by atoms with Crippen molar-refractivity contribution in [3.63, 3.8) is 0 Å². The predicted octanol–water partition coefficient (Wildman–Crippen LogP) is 1.60. The Balaban J connectivity index is 2.68. The lowest BCUT2D eigenvalue weighted by Gasteiger charge is -2.19. The van der Waals surface area contributed by atoms with Crippen molar-refractivity contribution >= 4 is 23.2 Å². The summed E-state index contributed by atoms with van der Waals surface area (Å²) in [6, 6.07) is 0. The third-order valence-electron chi connectivity index (χ3n) is 2.39. The Kier molecular flexibility index (Phi) is 3.87. The van der Waals surface area contributed by atoms with E-state index in [1.54, 1.807) is 13.8 Å². The van der Waals surface area contributed by atoms with Crippen LogP contribution in [0.2, 0.25) is 0 Å². The van der Waals surface area contributed by atoms with E-state index in [9.17, 15) is 9.59 Å². The van der Waals surface area contributed by atoms with Crippen molar-refractivity contribution in [3.05, 3.63) is 15.6 Å². The van der Waals surface area contributed by atoms with Gasteiger partial charge in [0.1, 0.15) is 5.69 Å². The second kappa shape index (κ2) is 4.83. The zero-order valence-corrected chi connectivity index (χ0v) is 11.1. The van der Waals surface area contributed by atoms with E-state index in [-0.39, 0.29) is 12.5 Å². The normalized spacial score (nSPS) is 11.3. The van der Waals surface area contributed by atoms with Crippen molar-refractivity contribution in [1.29, 1.82) is 0 Å². The summed E-state index contributed by atoms with van der Waals surface area (Å²) in [4.78, 5) is 27.6. The molecule has 0 aliphatic rings. The van der Waals surface area contributed by atoms with E-state index in [4.69, 9.17) is 5.11 Å². The molecule has 5 nitrogen and oxygen atoms in total. The van der Waals surface area contributed by atoms with Crippen molar-refractivity contribution in [1.82, 2.24) is 10.3 Å². The first-order valence-corrected chi connectivity index (χ1v) is 6.01. The van der Waals surface area contributed by atoms with Gasteiger partial charge < -0.3 is 10.4 Å². The van der Waals surface area contributed by atoms with Crippen molar-refractivity contribution in [3.8, 4) is 0 Å². The molecule has 1 rings (SSSR count). The quantitative estimate of drug-likeness (QED) is 0.857. The minimum absolute atomic E-state index is 0.0805. The lowest BCUT2D eigenvalue weighted by Crippen LogP contribution is -2.39. The van der Waals surface area contributed by atoms with Crippen LogP contribution in [0.4, 0.5) is 0 Å². The summed E-state index contributed by atoms with van der Waals surface area (Å²) < 4.78 is 0. The summed E-state index contributed by atoms with van der Waals surface area (Å²) in [7, 11) is 0.